The van der Waals surface area contributed by atoms with Gasteiger partial charge in [-0.1, -0.05) is 6.07 Å². The molecule has 1 aromatic heterocycles. The van der Waals surface area contributed by atoms with Crippen LogP contribution in [0.15, 0.2) is 72.6 Å². The van der Waals surface area contributed by atoms with Crippen LogP contribution >= 0.6 is 0 Å². The Morgan fingerprint density at radius 2 is 1.84 bits per heavy atom. The minimum atomic E-state index is -1.17. The number of aliphatic hydroxyl groups is 1. The van der Waals surface area contributed by atoms with Crippen LogP contribution in [0, 0.1) is 11.6 Å². The van der Waals surface area contributed by atoms with Crippen LogP contribution in [0.5, 0.6) is 5.75 Å². The molecule has 162 valence electrons. The number of carbonyl (C=O) groups excluding carboxylic acids is 2. The Morgan fingerprint density at radius 3 is 2.47 bits per heavy atom. The summed E-state index contributed by atoms with van der Waals surface area (Å²) in [5.41, 5.74) is 0.511. The summed E-state index contributed by atoms with van der Waals surface area (Å²) < 4.78 is 32.8. The topological polar surface area (TPSA) is 79.7 Å². The standard InChI is InChI=1S/C24H18F2N2O4/c1-2-32-17-8-5-14(6-9-17)22(29)20-21(15-4-3-11-27-13-15)28(24(31)23(20)30)16-7-10-18(25)19(26)12-16/h3-13,21,29H,2H2,1H3/b22-20+. The fourth-order valence-corrected chi connectivity index (χ4v) is 3.62. The van der Waals surface area contributed by atoms with Crippen molar-refractivity contribution in [2.24, 2.45) is 0 Å². The molecule has 32 heavy (non-hydrogen) atoms. The molecular formula is C24H18F2N2O4. The molecule has 1 N–H and O–H groups in total. The lowest BCUT2D eigenvalue weighted by Gasteiger charge is -2.25. The third kappa shape index (κ3) is 3.71. The van der Waals surface area contributed by atoms with E-state index in [0.717, 1.165) is 17.0 Å². The molecule has 1 fully saturated rings. The summed E-state index contributed by atoms with van der Waals surface area (Å²) in [6.45, 7) is 2.30. The van der Waals surface area contributed by atoms with Crippen molar-refractivity contribution in [2.45, 2.75) is 13.0 Å². The fourth-order valence-electron chi connectivity index (χ4n) is 3.62. The molecule has 1 atom stereocenters. The molecule has 8 heteroatoms. The predicted octanol–water partition coefficient (Wildman–Crippen LogP) is 4.38. The van der Waals surface area contributed by atoms with Crippen molar-refractivity contribution in [3.8, 4) is 5.75 Å². The maximum absolute atomic E-state index is 13.9. The molecular weight excluding hydrogens is 418 g/mol. The SMILES string of the molecule is CCOc1ccc(/C(O)=C2\C(=O)C(=O)N(c3ccc(F)c(F)c3)C2c2cccnc2)cc1. The Labute approximate surface area is 182 Å². The van der Waals surface area contributed by atoms with Crippen LogP contribution in [-0.4, -0.2) is 28.4 Å². The second-order valence-corrected chi connectivity index (χ2v) is 7.01. The Morgan fingerprint density at radius 1 is 1.09 bits per heavy atom. The van der Waals surface area contributed by atoms with Gasteiger partial charge in [0.15, 0.2) is 11.6 Å². The quantitative estimate of drug-likeness (QED) is 0.365. The predicted molar refractivity (Wildman–Crippen MR) is 113 cm³/mol. The molecule has 0 bridgehead atoms. The second-order valence-electron chi connectivity index (χ2n) is 7.01. The number of ketones is 1. The monoisotopic (exact) mass is 436 g/mol. The Kier molecular flexibility index (Phi) is 5.68. The number of rotatable bonds is 5. The van der Waals surface area contributed by atoms with Gasteiger partial charge in [-0.15, -0.1) is 0 Å². The molecule has 6 nitrogen and oxygen atoms in total. The van der Waals surface area contributed by atoms with Crippen LogP contribution in [0.1, 0.15) is 24.1 Å². The first-order valence-electron chi connectivity index (χ1n) is 9.81. The number of aliphatic hydroxyl groups excluding tert-OH is 1. The van der Waals surface area contributed by atoms with Crippen molar-refractivity contribution < 1.29 is 28.2 Å². The zero-order valence-electron chi connectivity index (χ0n) is 17.0. The van der Waals surface area contributed by atoms with Gasteiger partial charge in [-0.25, -0.2) is 8.78 Å². The van der Waals surface area contributed by atoms with E-state index in [4.69, 9.17) is 4.74 Å². The minimum absolute atomic E-state index is 0.0226. The molecule has 3 aromatic rings. The number of Topliss-reactive ketones (excluding diaryl/α,β-unsaturated/α-hetero) is 1. The largest absolute Gasteiger partial charge is 0.507 e. The van der Waals surface area contributed by atoms with Crippen molar-refractivity contribution in [1.82, 2.24) is 4.98 Å². The molecule has 4 rings (SSSR count). The van der Waals surface area contributed by atoms with Gasteiger partial charge in [0.2, 0.25) is 0 Å². The molecule has 1 amide bonds. The number of amides is 1. The first-order valence-corrected chi connectivity index (χ1v) is 9.81. The summed E-state index contributed by atoms with van der Waals surface area (Å²) in [6.07, 6.45) is 2.95. The number of carbonyl (C=O) groups is 2. The van der Waals surface area contributed by atoms with E-state index >= 15 is 0 Å². The van der Waals surface area contributed by atoms with Gasteiger partial charge in [0.05, 0.1) is 18.2 Å². The molecule has 1 aliphatic rings. The van der Waals surface area contributed by atoms with E-state index in [1.54, 1.807) is 36.4 Å². The van der Waals surface area contributed by atoms with Gasteiger partial charge in [0.1, 0.15) is 11.5 Å². The van der Waals surface area contributed by atoms with E-state index in [-0.39, 0.29) is 11.3 Å². The molecule has 0 radical (unpaired) electrons. The zero-order valence-corrected chi connectivity index (χ0v) is 17.0. The lowest BCUT2D eigenvalue weighted by atomic mass is 9.96. The van der Waals surface area contributed by atoms with Crippen molar-refractivity contribution in [3.05, 3.63) is 95.3 Å². The molecule has 2 heterocycles. The molecule has 0 saturated carbocycles. The van der Waals surface area contributed by atoms with E-state index in [9.17, 15) is 23.5 Å². The number of halogens is 2. The van der Waals surface area contributed by atoms with Crippen LogP contribution in [0.2, 0.25) is 0 Å². The van der Waals surface area contributed by atoms with Gasteiger partial charge < -0.3 is 9.84 Å². The van der Waals surface area contributed by atoms with Crippen molar-refractivity contribution in [1.29, 1.82) is 0 Å². The highest BCUT2D eigenvalue weighted by atomic mass is 19.2. The highest BCUT2D eigenvalue weighted by Gasteiger charge is 2.47. The fraction of sp³-hybridized carbons (Fsp3) is 0.125. The third-order valence-corrected chi connectivity index (χ3v) is 5.06. The third-order valence-electron chi connectivity index (χ3n) is 5.06. The lowest BCUT2D eigenvalue weighted by molar-refractivity contribution is -0.132. The van der Waals surface area contributed by atoms with Gasteiger partial charge in [0.25, 0.3) is 11.7 Å². The molecule has 1 aliphatic heterocycles. The second kappa shape index (κ2) is 8.58. The van der Waals surface area contributed by atoms with Gasteiger partial charge in [-0.05, 0) is 55.0 Å². The number of anilines is 1. The number of hydrogen-bond donors (Lipinski definition) is 1. The van der Waals surface area contributed by atoms with Crippen LogP contribution in [0.4, 0.5) is 14.5 Å². The van der Waals surface area contributed by atoms with Crippen LogP contribution in [0.25, 0.3) is 5.76 Å². The van der Waals surface area contributed by atoms with Crippen molar-refractivity contribution in [3.63, 3.8) is 0 Å². The summed E-state index contributed by atoms with van der Waals surface area (Å²) >= 11 is 0. The van der Waals surface area contributed by atoms with Gasteiger partial charge in [-0.2, -0.15) is 0 Å². The maximum Gasteiger partial charge on any atom is 0.300 e. The molecule has 0 spiro atoms. The van der Waals surface area contributed by atoms with Gasteiger partial charge in [-0.3, -0.25) is 19.5 Å². The average Bonchev–Trinajstić information content (AvgIpc) is 3.07. The summed E-state index contributed by atoms with van der Waals surface area (Å²) in [5.74, 6) is -3.99. The highest BCUT2D eigenvalue weighted by Crippen LogP contribution is 2.42. The number of nitrogens with zero attached hydrogens (tertiary/aromatic N) is 2. The van der Waals surface area contributed by atoms with E-state index in [1.165, 1.54) is 18.5 Å². The minimum Gasteiger partial charge on any atom is -0.507 e. The molecule has 2 aromatic carbocycles. The number of hydrogen-bond acceptors (Lipinski definition) is 5. The molecule has 0 aliphatic carbocycles. The van der Waals surface area contributed by atoms with Crippen molar-refractivity contribution in [2.75, 3.05) is 11.5 Å². The van der Waals surface area contributed by atoms with E-state index in [0.29, 0.717) is 23.5 Å². The average molecular weight is 436 g/mol. The maximum atomic E-state index is 13.9. The van der Waals surface area contributed by atoms with E-state index in [1.807, 2.05) is 6.92 Å². The smallest absolute Gasteiger partial charge is 0.300 e. The van der Waals surface area contributed by atoms with E-state index in [2.05, 4.69) is 4.98 Å². The van der Waals surface area contributed by atoms with Crippen LogP contribution < -0.4 is 9.64 Å². The summed E-state index contributed by atoms with van der Waals surface area (Å²) in [5, 5.41) is 11.0. The summed E-state index contributed by atoms with van der Waals surface area (Å²) in [6, 6.07) is 11.4. The number of aromatic nitrogens is 1. The Hall–Kier alpha value is -4.07. The first-order chi connectivity index (χ1) is 15.4. The molecule has 1 saturated heterocycles. The van der Waals surface area contributed by atoms with Crippen LogP contribution in [-0.2, 0) is 9.59 Å². The Bertz CT molecular complexity index is 1210. The number of pyridine rings is 1. The number of benzene rings is 2. The zero-order chi connectivity index (χ0) is 22.8. The Balaban J connectivity index is 1.88. The lowest BCUT2D eigenvalue weighted by Crippen LogP contribution is -2.29. The van der Waals surface area contributed by atoms with Gasteiger partial charge in [0, 0.05) is 29.7 Å². The van der Waals surface area contributed by atoms with Gasteiger partial charge >= 0.3 is 0 Å². The summed E-state index contributed by atoms with van der Waals surface area (Å²) in [7, 11) is 0. The van der Waals surface area contributed by atoms with Crippen molar-refractivity contribution >= 4 is 23.1 Å². The summed E-state index contributed by atoms with van der Waals surface area (Å²) in [4.78, 5) is 31.0. The normalized spacial score (nSPS) is 17.6. The molecule has 1 unspecified atom stereocenters. The number of ether oxygens (including phenoxy) is 1. The van der Waals surface area contributed by atoms with E-state index < -0.39 is 35.1 Å². The highest BCUT2D eigenvalue weighted by molar-refractivity contribution is 6.51. The first kappa shape index (κ1) is 21.2. The van der Waals surface area contributed by atoms with Crippen LogP contribution in [0.3, 0.4) is 0 Å².